The van der Waals surface area contributed by atoms with Crippen molar-refractivity contribution >= 4 is 12.8 Å². The summed E-state index contributed by atoms with van der Waals surface area (Å²) < 4.78 is 6.56. The minimum absolute atomic E-state index is 0.846. The first-order valence-corrected chi connectivity index (χ1v) is 4.59. The molecule has 0 fully saturated rings. The van der Waals surface area contributed by atoms with Gasteiger partial charge in [-0.05, 0) is 43.1 Å². The summed E-state index contributed by atoms with van der Waals surface area (Å²) in [5, 5.41) is 4.18. The van der Waals surface area contributed by atoms with Gasteiger partial charge in [-0.15, -0.1) is 0 Å². The van der Waals surface area contributed by atoms with Crippen LogP contribution < -0.4 is 4.74 Å². The Bertz CT molecular complexity index is 422. The van der Waals surface area contributed by atoms with Crippen molar-refractivity contribution in [2.24, 2.45) is 0 Å². The van der Waals surface area contributed by atoms with E-state index in [2.05, 4.69) is 17.9 Å². The zero-order valence-corrected chi connectivity index (χ0v) is 8.61. The minimum atomic E-state index is 0.846. The molecule has 1 heterocycles. The molecule has 4 heteroatoms. The molecule has 72 valence electrons. The van der Waals surface area contributed by atoms with Gasteiger partial charge in [0.05, 0.1) is 12.8 Å². The number of aromatic nitrogens is 2. The molecule has 0 saturated carbocycles. The maximum absolute atomic E-state index is 5.07. The third-order valence-electron chi connectivity index (χ3n) is 1.96. The van der Waals surface area contributed by atoms with Gasteiger partial charge in [-0.2, -0.15) is 5.10 Å². The van der Waals surface area contributed by atoms with Crippen molar-refractivity contribution in [1.82, 2.24) is 9.19 Å². The van der Waals surface area contributed by atoms with Crippen molar-refractivity contribution in [1.29, 1.82) is 0 Å². The summed E-state index contributed by atoms with van der Waals surface area (Å²) in [4.78, 5) is 0. The monoisotopic (exact) mass is 206 g/mol. The third-order valence-corrected chi connectivity index (χ3v) is 2.18. The molecule has 0 unspecified atom stereocenters. The van der Waals surface area contributed by atoms with Gasteiger partial charge >= 0.3 is 0 Å². The Labute approximate surface area is 87.9 Å². The first kappa shape index (κ1) is 9.15. The molecule has 0 aliphatic carbocycles. The van der Waals surface area contributed by atoms with Crippen LogP contribution in [0.5, 0.6) is 5.75 Å². The Morgan fingerprint density at radius 2 is 1.93 bits per heavy atom. The van der Waals surface area contributed by atoms with Gasteiger partial charge in [0.25, 0.3) is 0 Å². The van der Waals surface area contributed by atoms with E-state index in [9.17, 15) is 0 Å². The van der Waals surface area contributed by atoms with Crippen LogP contribution >= 0.6 is 12.8 Å². The average Bonchev–Trinajstić information content (AvgIpc) is 2.65. The van der Waals surface area contributed by atoms with Crippen molar-refractivity contribution < 1.29 is 4.74 Å². The standard InChI is InChI=1S/C10H10N2OS/c1-13-9-4-2-8(3-5-9)10-6-7-12(14)11-10/h2-7,14H,1H3. The molecule has 0 atom stereocenters. The number of benzene rings is 1. The Morgan fingerprint density at radius 1 is 1.21 bits per heavy atom. The molecule has 1 aromatic carbocycles. The van der Waals surface area contributed by atoms with E-state index < -0.39 is 0 Å². The van der Waals surface area contributed by atoms with Gasteiger partial charge in [-0.1, -0.05) is 0 Å². The molecular formula is C10H10N2OS. The highest BCUT2D eigenvalue weighted by atomic mass is 32.1. The second-order valence-electron chi connectivity index (χ2n) is 2.85. The lowest BCUT2D eigenvalue weighted by atomic mass is 10.1. The number of nitrogens with zero attached hydrogens (tertiary/aromatic N) is 2. The van der Waals surface area contributed by atoms with Gasteiger partial charge in [-0.3, -0.25) is 0 Å². The molecule has 0 amide bonds. The molecule has 2 aromatic rings. The van der Waals surface area contributed by atoms with Crippen LogP contribution in [0.1, 0.15) is 0 Å². The molecule has 0 spiro atoms. The first-order chi connectivity index (χ1) is 6.79. The molecule has 0 saturated heterocycles. The van der Waals surface area contributed by atoms with Crippen LogP contribution in [0.2, 0.25) is 0 Å². The third kappa shape index (κ3) is 1.75. The van der Waals surface area contributed by atoms with E-state index in [1.807, 2.05) is 30.3 Å². The summed E-state index contributed by atoms with van der Waals surface area (Å²) in [5.74, 6) is 0.846. The fourth-order valence-corrected chi connectivity index (χ4v) is 1.39. The van der Waals surface area contributed by atoms with Crippen LogP contribution in [0.15, 0.2) is 36.5 Å². The molecule has 1 aromatic heterocycles. The number of thiol groups is 1. The van der Waals surface area contributed by atoms with Gasteiger partial charge in [0.15, 0.2) is 0 Å². The zero-order valence-electron chi connectivity index (χ0n) is 7.71. The smallest absolute Gasteiger partial charge is 0.118 e. The van der Waals surface area contributed by atoms with Crippen molar-refractivity contribution in [3.8, 4) is 17.0 Å². The van der Waals surface area contributed by atoms with Gasteiger partial charge in [0.1, 0.15) is 5.75 Å². The van der Waals surface area contributed by atoms with E-state index in [4.69, 9.17) is 4.74 Å². The lowest BCUT2D eigenvalue weighted by molar-refractivity contribution is 0.415. The van der Waals surface area contributed by atoms with Crippen LogP contribution in [0, 0.1) is 0 Å². The Kier molecular flexibility index (Phi) is 2.45. The van der Waals surface area contributed by atoms with E-state index in [1.54, 1.807) is 13.3 Å². The summed E-state index contributed by atoms with van der Waals surface area (Å²) in [6, 6.07) is 9.67. The summed E-state index contributed by atoms with van der Waals surface area (Å²) in [6.45, 7) is 0. The molecule has 3 nitrogen and oxygen atoms in total. The minimum Gasteiger partial charge on any atom is -0.497 e. The number of methoxy groups -OCH3 is 1. The van der Waals surface area contributed by atoms with Crippen molar-refractivity contribution in [2.75, 3.05) is 7.11 Å². The van der Waals surface area contributed by atoms with Crippen molar-refractivity contribution in [2.45, 2.75) is 0 Å². The molecule has 0 radical (unpaired) electrons. The highest BCUT2D eigenvalue weighted by Gasteiger charge is 2.00. The summed E-state index contributed by atoms with van der Waals surface area (Å²) in [5.41, 5.74) is 1.96. The van der Waals surface area contributed by atoms with Gasteiger partial charge < -0.3 is 4.74 Å². The molecule has 2 rings (SSSR count). The largest absolute Gasteiger partial charge is 0.497 e. The Morgan fingerprint density at radius 3 is 2.43 bits per heavy atom. The van der Waals surface area contributed by atoms with Crippen molar-refractivity contribution in [3.63, 3.8) is 0 Å². The first-order valence-electron chi connectivity index (χ1n) is 4.19. The second kappa shape index (κ2) is 3.75. The van der Waals surface area contributed by atoms with Crippen LogP contribution in [0.4, 0.5) is 0 Å². The Hall–Kier alpha value is -1.42. The normalized spacial score (nSPS) is 10.1. The highest BCUT2D eigenvalue weighted by Crippen LogP contribution is 2.20. The Balaban J connectivity index is 2.33. The zero-order chi connectivity index (χ0) is 9.97. The van der Waals surface area contributed by atoms with Crippen LogP contribution in [-0.2, 0) is 0 Å². The van der Waals surface area contributed by atoms with Crippen LogP contribution in [0.3, 0.4) is 0 Å². The van der Waals surface area contributed by atoms with Crippen LogP contribution in [-0.4, -0.2) is 16.3 Å². The predicted octanol–water partition coefficient (Wildman–Crippen LogP) is 2.25. The van der Waals surface area contributed by atoms with Gasteiger partial charge in [0, 0.05) is 11.8 Å². The fraction of sp³-hybridized carbons (Fsp3) is 0.100. The molecular weight excluding hydrogens is 196 g/mol. The van der Waals surface area contributed by atoms with E-state index in [-0.39, 0.29) is 0 Å². The lowest BCUT2D eigenvalue weighted by Crippen LogP contribution is -1.84. The lowest BCUT2D eigenvalue weighted by Gasteiger charge is -2.00. The maximum atomic E-state index is 5.07. The number of hydrogen-bond donors (Lipinski definition) is 1. The SMILES string of the molecule is COc1ccc(-c2ccn(S)n2)cc1. The number of ether oxygens (including phenoxy) is 1. The molecule has 0 N–H and O–H groups in total. The molecule has 0 aliphatic rings. The quantitative estimate of drug-likeness (QED) is 0.763. The van der Waals surface area contributed by atoms with Gasteiger partial charge in [-0.25, -0.2) is 4.09 Å². The molecule has 0 aliphatic heterocycles. The summed E-state index contributed by atoms with van der Waals surface area (Å²) in [6.07, 6.45) is 1.79. The van der Waals surface area contributed by atoms with Gasteiger partial charge in [0.2, 0.25) is 0 Å². The number of rotatable bonds is 2. The molecule has 0 bridgehead atoms. The van der Waals surface area contributed by atoms with E-state index in [1.165, 1.54) is 4.09 Å². The van der Waals surface area contributed by atoms with E-state index >= 15 is 0 Å². The average molecular weight is 206 g/mol. The molecule has 14 heavy (non-hydrogen) atoms. The fourth-order valence-electron chi connectivity index (χ4n) is 1.23. The van der Waals surface area contributed by atoms with E-state index in [0.29, 0.717) is 0 Å². The predicted molar refractivity (Wildman–Crippen MR) is 58.6 cm³/mol. The van der Waals surface area contributed by atoms with Crippen molar-refractivity contribution in [3.05, 3.63) is 36.5 Å². The topological polar surface area (TPSA) is 27.1 Å². The van der Waals surface area contributed by atoms with E-state index in [0.717, 1.165) is 17.0 Å². The van der Waals surface area contributed by atoms with Crippen LogP contribution in [0.25, 0.3) is 11.3 Å². The maximum Gasteiger partial charge on any atom is 0.118 e. The highest BCUT2D eigenvalue weighted by molar-refractivity contribution is 7.78. The second-order valence-corrected chi connectivity index (χ2v) is 3.26. The number of hydrogen-bond acceptors (Lipinski definition) is 3. The summed E-state index contributed by atoms with van der Waals surface area (Å²) in [7, 11) is 1.65. The summed E-state index contributed by atoms with van der Waals surface area (Å²) >= 11 is 4.07.